The van der Waals surface area contributed by atoms with E-state index >= 15 is 0 Å². The second-order valence-electron chi connectivity index (χ2n) is 3.04. The summed E-state index contributed by atoms with van der Waals surface area (Å²) in [4.78, 5) is 11.2. The number of ketones is 1. The minimum absolute atomic E-state index is 0.103. The fraction of sp³-hybridized carbons (Fsp3) is 0.571. The Morgan fingerprint density at radius 3 is 3.00 bits per heavy atom. The summed E-state index contributed by atoms with van der Waals surface area (Å²) in [5.41, 5.74) is 4.24. The Morgan fingerprint density at radius 1 is 1.75 bits per heavy atom. The molecule has 1 saturated heterocycles. The molecule has 5 nitrogen and oxygen atoms in total. The second kappa shape index (κ2) is 2.07. The van der Waals surface area contributed by atoms with Crippen molar-refractivity contribution in [3.63, 3.8) is 0 Å². The highest BCUT2D eigenvalue weighted by atomic mass is 16.6. The molecule has 4 N–H and O–H groups in total. The smallest absolute Gasteiger partial charge is 0.194 e. The van der Waals surface area contributed by atoms with Gasteiger partial charge in [-0.3, -0.25) is 4.79 Å². The first kappa shape index (κ1) is 7.72. The van der Waals surface area contributed by atoms with Crippen molar-refractivity contribution >= 4 is 5.78 Å². The first-order valence-electron chi connectivity index (χ1n) is 3.60. The zero-order valence-corrected chi connectivity index (χ0v) is 6.23. The van der Waals surface area contributed by atoms with Crippen LogP contribution in [-0.2, 0) is 9.53 Å². The predicted molar refractivity (Wildman–Crippen MR) is 38.0 cm³/mol. The van der Waals surface area contributed by atoms with Crippen molar-refractivity contribution in [2.45, 2.75) is 17.8 Å². The van der Waals surface area contributed by atoms with E-state index in [2.05, 4.69) is 0 Å². The molecule has 2 rings (SSSR count). The number of carbonyl (C=O) groups excluding carboxylic acids is 1. The molecule has 0 aromatic heterocycles. The van der Waals surface area contributed by atoms with Crippen molar-refractivity contribution < 1.29 is 19.7 Å². The van der Waals surface area contributed by atoms with Crippen LogP contribution >= 0.6 is 0 Å². The molecule has 0 radical (unpaired) electrons. The zero-order valence-electron chi connectivity index (χ0n) is 6.23. The van der Waals surface area contributed by atoms with Crippen LogP contribution in [0.1, 0.15) is 0 Å². The molecule has 3 atom stereocenters. The molecule has 0 amide bonds. The predicted octanol–water partition coefficient (Wildman–Crippen LogP) is -2.10. The number of rotatable bonds is 1. The first-order valence-corrected chi connectivity index (χ1v) is 3.60. The summed E-state index contributed by atoms with van der Waals surface area (Å²) in [5.74, 6) is -0.363. The number of fused-ring (bicyclic) bond motifs is 1. The van der Waals surface area contributed by atoms with Crippen LogP contribution in [0.15, 0.2) is 11.8 Å². The van der Waals surface area contributed by atoms with E-state index in [9.17, 15) is 9.90 Å². The number of epoxide rings is 1. The molecule has 0 aromatic rings. The minimum atomic E-state index is -1.19. The van der Waals surface area contributed by atoms with Gasteiger partial charge in [-0.2, -0.15) is 0 Å². The summed E-state index contributed by atoms with van der Waals surface area (Å²) in [7, 11) is 0. The maximum atomic E-state index is 11.2. The molecule has 12 heavy (non-hydrogen) atoms. The lowest BCUT2D eigenvalue weighted by atomic mass is 9.90. The van der Waals surface area contributed by atoms with Crippen LogP contribution in [-0.4, -0.2) is 40.4 Å². The van der Waals surface area contributed by atoms with Crippen LogP contribution in [0, 0.1) is 0 Å². The van der Waals surface area contributed by atoms with E-state index in [1.165, 1.54) is 0 Å². The van der Waals surface area contributed by atoms with Crippen molar-refractivity contribution in [2.75, 3.05) is 6.61 Å². The molecule has 66 valence electrons. The van der Waals surface area contributed by atoms with Gasteiger partial charge in [-0.15, -0.1) is 0 Å². The topological polar surface area (TPSA) is 96.1 Å². The van der Waals surface area contributed by atoms with Gasteiger partial charge in [0.05, 0.1) is 6.61 Å². The van der Waals surface area contributed by atoms with Crippen molar-refractivity contribution in [1.29, 1.82) is 0 Å². The highest BCUT2D eigenvalue weighted by Gasteiger charge is 2.66. The Kier molecular flexibility index (Phi) is 1.33. The minimum Gasteiger partial charge on any atom is -0.400 e. The molecule has 0 spiro atoms. The van der Waals surface area contributed by atoms with Crippen LogP contribution in [0.5, 0.6) is 0 Å². The fourth-order valence-corrected chi connectivity index (χ4v) is 1.45. The van der Waals surface area contributed by atoms with Gasteiger partial charge < -0.3 is 20.7 Å². The number of hydrogen-bond acceptors (Lipinski definition) is 5. The molecule has 0 bridgehead atoms. The highest BCUT2D eigenvalue weighted by molar-refractivity contribution is 6.01. The molecule has 1 aliphatic carbocycles. The average molecular weight is 171 g/mol. The Morgan fingerprint density at radius 2 is 2.42 bits per heavy atom. The molecule has 1 heterocycles. The quantitative estimate of drug-likeness (QED) is 0.393. The maximum absolute atomic E-state index is 11.2. The summed E-state index contributed by atoms with van der Waals surface area (Å²) in [6, 6.07) is 0. The molecule has 0 aromatic carbocycles. The van der Waals surface area contributed by atoms with E-state index in [1.807, 2.05) is 0 Å². The van der Waals surface area contributed by atoms with Gasteiger partial charge in [0.15, 0.2) is 11.4 Å². The van der Waals surface area contributed by atoms with Crippen molar-refractivity contribution in [3.05, 3.63) is 11.8 Å². The monoisotopic (exact) mass is 171 g/mol. The zero-order chi connectivity index (χ0) is 8.93. The summed E-state index contributed by atoms with van der Waals surface area (Å²) >= 11 is 0. The van der Waals surface area contributed by atoms with Gasteiger partial charge >= 0.3 is 0 Å². The fourth-order valence-electron chi connectivity index (χ4n) is 1.45. The molecule has 2 aliphatic rings. The number of carbonyl (C=O) groups is 1. The molecule has 1 aliphatic heterocycles. The lowest BCUT2D eigenvalue weighted by molar-refractivity contribution is -0.121. The van der Waals surface area contributed by atoms with Crippen LogP contribution in [0.25, 0.3) is 0 Å². The van der Waals surface area contributed by atoms with E-state index < -0.39 is 24.4 Å². The van der Waals surface area contributed by atoms with Crippen molar-refractivity contribution in [2.24, 2.45) is 5.73 Å². The van der Waals surface area contributed by atoms with Gasteiger partial charge in [0.1, 0.15) is 12.2 Å². The number of aliphatic hydroxyl groups excluding tert-OH is 2. The standard InChI is InChI=1S/C7H9NO4/c8-3-1-4(10)7(2-9)6(12-7)5(3)11/h1,5-6,9,11H,2,8H2/t5-,6+,7-/m0/s1. The van der Waals surface area contributed by atoms with E-state index in [4.69, 9.17) is 15.6 Å². The second-order valence-corrected chi connectivity index (χ2v) is 3.04. The van der Waals surface area contributed by atoms with Crippen LogP contribution in [0.2, 0.25) is 0 Å². The summed E-state index contributed by atoms with van der Waals surface area (Å²) < 4.78 is 4.93. The Balaban J connectivity index is 2.34. The van der Waals surface area contributed by atoms with E-state index in [0.717, 1.165) is 6.08 Å². The van der Waals surface area contributed by atoms with Crippen molar-refractivity contribution in [1.82, 2.24) is 0 Å². The SMILES string of the molecule is NC1=CC(=O)[C@]2(CO)O[C@@H]2[C@H]1O. The number of ether oxygens (including phenoxy) is 1. The average Bonchev–Trinajstić information content (AvgIpc) is 2.77. The van der Waals surface area contributed by atoms with E-state index in [0.29, 0.717) is 0 Å². The van der Waals surface area contributed by atoms with Gasteiger partial charge in [-0.05, 0) is 0 Å². The number of hydrogen-bond donors (Lipinski definition) is 3. The molecule has 0 unspecified atom stereocenters. The van der Waals surface area contributed by atoms with Gasteiger partial charge in [0.2, 0.25) is 0 Å². The Labute approximate surface area is 68.4 Å². The molecule has 0 saturated carbocycles. The van der Waals surface area contributed by atoms with Gasteiger partial charge in [-0.25, -0.2) is 0 Å². The number of nitrogens with two attached hydrogens (primary N) is 1. The summed E-state index contributed by atoms with van der Waals surface area (Å²) in [5, 5.41) is 18.2. The Bertz CT molecular complexity index is 275. The van der Waals surface area contributed by atoms with Crippen LogP contribution in [0.4, 0.5) is 0 Å². The highest BCUT2D eigenvalue weighted by Crippen LogP contribution is 2.43. The lowest BCUT2D eigenvalue weighted by Crippen LogP contribution is -2.41. The lowest BCUT2D eigenvalue weighted by Gasteiger charge is -2.16. The van der Waals surface area contributed by atoms with Gasteiger partial charge in [-0.1, -0.05) is 0 Å². The number of aliphatic hydroxyl groups is 2. The molecule has 1 fully saturated rings. The molecular formula is C7H9NO4. The van der Waals surface area contributed by atoms with Gasteiger partial charge in [0.25, 0.3) is 0 Å². The molecule has 5 heteroatoms. The van der Waals surface area contributed by atoms with E-state index in [1.54, 1.807) is 0 Å². The summed E-state index contributed by atoms with van der Waals surface area (Å²) in [6.07, 6.45) is -0.500. The van der Waals surface area contributed by atoms with Crippen LogP contribution < -0.4 is 5.73 Å². The Hall–Kier alpha value is -0.910. The maximum Gasteiger partial charge on any atom is 0.194 e. The first-order chi connectivity index (χ1) is 5.62. The van der Waals surface area contributed by atoms with Crippen molar-refractivity contribution in [3.8, 4) is 0 Å². The third-order valence-corrected chi connectivity index (χ3v) is 2.32. The third kappa shape index (κ3) is 0.703. The molecular weight excluding hydrogens is 162 g/mol. The largest absolute Gasteiger partial charge is 0.400 e. The third-order valence-electron chi connectivity index (χ3n) is 2.32. The normalized spacial score (nSPS) is 45.2. The van der Waals surface area contributed by atoms with E-state index in [-0.39, 0.29) is 11.5 Å². The van der Waals surface area contributed by atoms with Crippen LogP contribution in [0.3, 0.4) is 0 Å². The summed E-state index contributed by atoms with van der Waals surface area (Å²) in [6.45, 7) is -0.405. The van der Waals surface area contributed by atoms with Gasteiger partial charge in [0, 0.05) is 11.8 Å².